The van der Waals surface area contributed by atoms with Crippen molar-refractivity contribution in [2.75, 3.05) is 26.2 Å². The van der Waals surface area contributed by atoms with E-state index in [9.17, 15) is 4.79 Å². The molecule has 0 spiro atoms. The Morgan fingerprint density at radius 3 is 2.64 bits per heavy atom. The SMILES string of the molecule is C=CCN1CCC(C(=O)OCC)(c2ccsc2-c2ccccc2)CC1. The van der Waals surface area contributed by atoms with Crippen molar-refractivity contribution >= 4 is 17.3 Å². The topological polar surface area (TPSA) is 29.5 Å². The Labute approximate surface area is 153 Å². The molecule has 0 aliphatic carbocycles. The van der Waals surface area contributed by atoms with Crippen LogP contribution in [-0.2, 0) is 14.9 Å². The minimum Gasteiger partial charge on any atom is -0.465 e. The van der Waals surface area contributed by atoms with Gasteiger partial charge in [0.25, 0.3) is 0 Å². The van der Waals surface area contributed by atoms with Crippen LogP contribution in [0.2, 0.25) is 0 Å². The van der Waals surface area contributed by atoms with E-state index in [0.29, 0.717) is 6.61 Å². The molecular weight excluding hydrogens is 330 g/mol. The molecule has 0 atom stereocenters. The number of esters is 1. The van der Waals surface area contributed by atoms with Gasteiger partial charge in [-0.05, 0) is 55.4 Å². The lowest BCUT2D eigenvalue weighted by atomic mass is 9.72. The van der Waals surface area contributed by atoms with Gasteiger partial charge >= 0.3 is 5.97 Å². The highest BCUT2D eigenvalue weighted by atomic mass is 32.1. The van der Waals surface area contributed by atoms with Crippen molar-refractivity contribution in [3.8, 4) is 10.4 Å². The molecule has 25 heavy (non-hydrogen) atoms. The van der Waals surface area contributed by atoms with Crippen LogP contribution in [0.25, 0.3) is 10.4 Å². The van der Waals surface area contributed by atoms with Gasteiger partial charge in [0.2, 0.25) is 0 Å². The van der Waals surface area contributed by atoms with Crippen molar-refractivity contribution in [3.63, 3.8) is 0 Å². The maximum atomic E-state index is 13.0. The number of nitrogens with zero attached hydrogens (tertiary/aromatic N) is 1. The summed E-state index contributed by atoms with van der Waals surface area (Å²) in [7, 11) is 0. The van der Waals surface area contributed by atoms with Crippen LogP contribution in [0, 0.1) is 0 Å². The number of thiophene rings is 1. The third kappa shape index (κ3) is 3.55. The van der Waals surface area contributed by atoms with E-state index in [0.717, 1.165) is 38.0 Å². The summed E-state index contributed by atoms with van der Waals surface area (Å²) in [4.78, 5) is 16.5. The molecule has 132 valence electrons. The minimum absolute atomic E-state index is 0.0798. The Bertz CT molecular complexity index is 715. The first-order chi connectivity index (χ1) is 12.2. The summed E-state index contributed by atoms with van der Waals surface area (Å²) in [5, 5.41) is 2.09. The van der Waals surface area contributed by atoms with Crippen molar-refractivity contribution in [1.82, 2.24) is 4.90 Å². The number of carbonyl (C=O) groups is 1. The monoisotopic (exact) mass is 355 g/mol. The van der Waals surface area contributed by atoms with Crippen LogP contribution in [0.4, 0.5) is 0 Å². The largest absolute Gasteiger partial charge is 0.465 e. The molecule has 0 saturated carbocycles. The lowest BCUT2D eigenvalue weighted by Crippen LogP contribution is -2.48. The number of ether oxygens (including phenoxy) is 1. The fourth-order valence-corrected chi connectivity index (χ4v) is 4.65. The fraction of sp³-hybridized carbons (Fsp3) is 0.381. The van der Waals surface area contributed by atoms with Crippen LogP contribution in [0.1, 0.15) is 25.3 Å². The Balaban J connectivity index is 1.98. The second-order valence-electron chi connectivity index (χ2n) is 6.42. The van der Waals surface area contributed by atoms with E-state index in [1.165, 1.54) is 10.4 Å². The Morgan fingerprint density at radius 1 is 1.28 bits per heavy atom. The predicted octanol–water partition coefficient (Wildman–Crippen LogP) is 4.50. The highest BCUT2D eigenvalue weighted by molar-refractivity contribution is 7.13. The average Bonchev–Trinajstić information content (AvgIpc) is 3.14. The van der Waals surface area contributed by atoms with Gasteiger partial charge in [-0.3, -0.25) is 9.69 Å². The van der Waals surface area contributed by atoms with E-state index in [1.54, 1.807) is 11.3 Å². The molecule has 4 heteroatoms. The zero-order valence-electron chi connectivity index (χ0n) is 14.7. The van der Waals surface area contributed by atoms with Gasteiger partial charge in [0, 0.05) is 11.4 Å². The fourth-order valence-electron chi connectivity index (χ4n) is 3.65. The Hall–Kier alpha value is -1.91. The predicted molar refractivity (Wildman–Crippen MR) is 104 cm³/mol. The molecule has 1 aromatic heterocycles. The van der Waals surface area contributed by atoms with Crippen molar-refractivity contribution in [2.45, 2.75) is 25.2 Å². The van der Waals surface area contributed by atoms with E-state index < -0.39 is 5.41 Å². The minimum atomic E-state index is -0.543. The highest BCUT2D eigenvalue weighted by Gasteiger charge is 2.45. The second kappa shape index (κ2) is 7.98. The quantitative estimate of drug-likeness (QED) is 0.564. The lowest BCUT2D eigenvalue weighted by molar-refractivity contribution is -0.152. The molecule has 0 N–H and O–H groups in total. The molecule has 1 aliphatic rings. The first kappa shape index (κ1) is 17.9. The Morgan fingerprint density at radius 2 is 2.00 bits per heavy atom. The molecule has 0 amide bonds. The van der Waals surface area contributed by atoms with E-state index in [2.05, 4.69) is 35.1 Å². The van der Waals surface area contributed by atoms with E-state index in [-0.39, 0.29) is 5.97 Å². The number of carbonyl (C=O) groups excluding carboxylic acids is 1. The maximum Gasteiger partial charge on any atom is 0.316 e. The van der Waals surface area contributed by atoms with Gasteiger partial charge in [-0.2, -0.15) is 0 Å². The summed E-state index contributed by atoms with van der Waals surface area (Å²) in [6.45, 7) is 8.76. The highest BCUT2D eigenvalue weighted by Crippen LogP contribution is 2.44. The number of piperidine rings is 1. The van der Waals surface area contributed by atoms with Crippen LogP contribution < -0.4 is 0 Å². The third-order valence-corrected chi connectivity index (χ3v) is 5.94. The van der Waals surface area contributed by atoms with Gasteiger partial charge in [-0.25, -0.2) is 0 Å². The number of hydrogen-bond acceptors (Lipinski definition) is 4. The summed E-state index contributed by atoms with van der Waals surface area (Å²) in [6.07, 6.45) is 3.50. The molecule has 2 aromatic rings. The number of rotatable bonds is 6. The van der Waals surface area contributed by atoms with Gasteiger partial charge in [-0.15, -0.1) is 17.9 Å². The number of benzene rings is 1. The van der Waals surface area contributed by atoms with E-state index >= 15 is 0 Å². The normalized spacial score (nSPS) is 17.2. The van der Waals surface area contributed by atoms with Crippen molar-refractivity contribution in [2.24, 2.45) is 0 Å². The molecule has 3 rings (SSSR count). The maximum absolute atomic E-state index is 13.0. The summed E-state index contributed by atoms with van der Waals surface area (Å²) in [5.74, 6) is -0.0798. The zero-order chi connectivity index (χ0) is 17.7. The number of hydrogen-bond donors (Lipinski definition) is 0. The first-order valence-corrected chi connectivity index (χ1v) is 9.73. The van der Waals surface area contributed by atoms with Crippen molar-refractivity contribution in [3.05, 3.63) is 60.0 Å². The Kier molecular flexibility index (Phi) is 5.71. The van der Waals surface area contributed by atoms with Crippen LogP contribution in [0.5, 0.6) is 0 Å². The molecule has 0 unspecified atom stereocenters. The standard InChI is InChI=1S/C21H25NO2S/c1-3-13-22-14-11-21(12-15-22,20(23)24-4-2)18-10-16-25-19(18)17-8-6-5-7-9-17/h3,5-10,16H,1,4,11-15H2,2H3. The van der Waals surface area contributed by atoms with Crippen molar-refractivity contribution in [1.29, 1.82) is 0 Å². The van der Waals surface area contributed by atoms with Crippen LogP contribution in [0.3, 0.4) is 0 Å². The van der Waals surface area contributed by atoms with Gasteiger partial charge < -0.3 is 4.74 Å². The molecule has 0 radical (unpaired) electrons. The molecule has 2 heterocycles. The molecule has 3 nitrogen and oxygen atoms in total. The number of likely N-dealkylation sites (tertiary alicyclic amines) is 1. The van der Waals surface area contributed by atoms with Gasteiger partial charge in [0.15, 0.2) is 0 Å². The lowest BCUT2D eigenvalue weighted by Gasteiger charge is -2.40. The van der Waals surface area contributed by atoms with E-state index in [1.807, 2.05) is 31.2 Å². The molecule has 1 aliphatic heterocycles. The molecule has 1 fully saturated rings. The molecule has 0 bridgehead atoms. The summed E-state index contributed by atoms with van der Waals surface area (Å²) >= 11 is 1.70. The first-order valence-electron chi connectivity index (χ1n) is 8.85. The average molecular weight is 356 g/mol. The van der Waals surface area contributed by atoms with Crippen LogP contribution in [-0.4, -0.2) is 37.1 Å². The summed E-state index contributed by atoms with van der Waals surface area (Å²) < 4.78 is 5.52. The smallest absolute Gasteiger partial charge is 0.316 e. The molecule has 1 saturated heterocycles. The summed E-state index contributed by atoms with van der Waals surface area (Å²) in [5.41, 5.74) is 1.75. The zero-order valence-corrected chi connectivity index (χ0v) is 15.6. The second-order valence-corrected chi connectivity index (χ2v) is 7.34. The molecule has 1 aromatic carbocycles. The van der Waals surface area contributed by atoms with Gasteiger partial charge in [-0.1, -0.05) is 36.4 Å². The third-order valence-electron chi connectivity index (χ3n) is 4.98. The van der Waals surface area contributed by atoms with Gasteiger partial charge in [0.05, 0.1) is 12.0 Å². The molecular formula is C21H25NO2S. The van der Waals surface area contributed by atoms with Crippen LogP contribution in [0.15, 0.2) is 54.4 Å². The summed E-state index contributed by atoms with van der Waals surface area (Å²) in [6, 6.07) is 12.5. The van der Waals surface area contributed by atoms with Gasteiger partial charge in [0.1, 0.15) is 0 Å². The van der Waals surface area contributed by atoms with E-state index in [4.69, 9.17) is 4.74 Å². The van der Waals surface area contributed by atoms with Crippen molar-refractivity contribution < 1.29 is 9.53 Å². The van der Waals surface area contributed by atoms with Crippen LogP contribution >= 0.6 is 11.3 Å².